The normalized spacial score (nSPS) is 21.5. The van der Waals surface area contributed by atoms with Crippen molar-refractivity contribution in [3.8, 4) is 0 Å². The molecule has 0 N–H and O–H groups in total. The number of rotatable bonds is 4. The molecule has 0 bridgehead atoms. The zero-order chi connectivity index (χ0) is 19.1. The summed E-state index contributed by atoms with van der Waals surface area (Å²) >= 11 is 0. The van der Waals surface area contributed by atoms with Crippen LogP contribution in [-0.4, -0.2) is 46.4 Å². The number of benzene rings is 1. The molecule has 1 aromatic carbocycles. The van der Waals surface area contributed by atoms with Gasteiger partial charge in [0.15, 0.2) is 0 Å². The van der Waals surface area contributed by atoms with Gasteiger partial charge in [0.2, 0.25) is 11.7 Å². The van der Waals surface area contributed by atoms with Crippen LogP contribution in [0, 0.1) is 5.41 Å². The highest BCUT2D eigenvalue weighted by Crippen LogP contribution is 2.42. The molecule has 1 aromatic heterocycles. The Bertz CT molecular complexity index is 879. The van der Waals surface area contributed by atoms with Gasteiger partial charge < -0.3 is 14.3 Å². The lowest BCUT2D eigenvalue weighted by Gasteiger charge is -2.38. The molecule has 28 heavy (non-hydrogen) atoms. The first-order chi connectivity index (χ1) is 13.6. The third-order valence-electron chi connectivity index (χ3n) is 6.47. The van der Waals surface area contributed by atoms with Crippen molar-refractivity contribution in [1.29, 1.82) is 0 Å². The standard InChI is InChI=1S/C22H25N3O3/c26-20-13-22(15-25(20)14-16-4-2-1-3-5-16)8-10-24(11-9-22)21(27)19-12-18(23-28-19)17-6-7-17/h1-5,12,17H,6-11,13-15H2. The van der Waals surface area contributed by atoms with E-state index in [0.717, 1.165) is 43.5 Å². The average Bonchev–Trinajstić information content (AvgIpc) is 3.37. The Morgan fingerprint density at radius 2 is 1.93 bits per heavy atom. The van der Waals surface area contributed by atoms with Crippen LogP contribution in [0.25, 0.3) is 0 Å². The predicted octanol–water partition coefficient (Wildman–Crippen LogP) is 3.21. The van der Waals surface area contributed by atoms with Gasteiger partial charge in [-0.15, -0.1) is 0 Å². The number of carbonyl (C=O) groups excluding carboxylic acids is 2. The van der Waals surface area contributed by atoms with Gasteiger partial charge in [-0.1, -0.05) is 35.5 Å². The number of hydrogen-bond donors (Lipinski definition) is 0. The molecule has 1 spiro atoms. The monoisotopic (exact) mass is 379 g/mol. The van der Waals surface area contributed by atoms with E-state index in [9.17, 15) is 9.59 Å². The first kappa shape index (κ1) is 17.5. The smallest absolute Gasteiger partial charge is 0.292 e. The number of likely N-dealkylation sites (tertiary alicyclic amines) is 2. The second-order valence-corrected chi connectivity index (χ2v) is 8.59. The zero-order valence-electron chi connectivity index (χ0n) is 16.0. The SMILES string of the molecule is O=C1CC2(CCN(C(=O)c3cc(C4CC4)no3)CC2)CN1Cc1ccccc1. The minimum Gasteiger partial charge on any atom is -0.351 e. The number of amides is 2. The highest BCUT2D eigenvalue weighted by molar-refractivity contribution is 5.91. The molecule has 2 aromatic rings. The Hall–Kier alpha value is -2.63. The van der Waals surface area contributed by atoms with E-state index in [2.05, 4.69) is 17.3 Å². The fourth-order valence-electron chi connectivity index (χ4n) is 4.57. The predicted molar refractivity (Wildman–Crippen MR) is 103 cm³/mol. The highest BCUT2D eigenvalue weighted by atomic mass is 16.5. The first-order valence-corrected chi connectivity index (χ1v) is 10.2. The topological polar surface area (TPSA) is 66.7 Å². The molecule has 2 saturated heterocycles. The summed E-state index contributed by atoms with van der Waals surface area (Å²) in [5.41, 5.74) is 2.08. The second kappa shape index (κ2) is 6.76. The number of carbonyl (C=O) groups is 2. The van der Waals surface area contributed by atoms with E-state index >= 15 is 0 Å². The second-order valence-electron chi connectivity index (χ2n) is 8.59. The van der Waals surface area contributed by atoms with Crippen LogP contribution >= 0.6 is 0 Å². The molecule has 1 aliphatic carbocycles. The summed E-state index contributed by atoms with van der Waals surface area (Å²) in [7, 11) is 0. The van der Waals surface area contributed by atoms with Crippen LogP contribution < -0.4 is 0 Å². The third-order valence-corrected chi connectivity index (χ3v) is 6.47. The van der Waals surface area contributed by atoms with E-state index in [1.807, 2.05) is 34.1 Å². The van der Waals surface area contributed by atoms with Crippen molar-refractivity contribution in [1.82, 2.24) is 15.0 Å². The Balaban J connectivity index is 1.20. The van der Waals surface area contributed by atoms with E-state index < -0.39 is 0 Å². The lowest BCUT2D eigenvalue weighted by molar-refractivity contribution is -0.128. The van der Waals surface area contributed by atoms with E-state index in [1.165, 1.54) is 0 Å². The molecule has 3 aliphatic rings. The van der Waals surface area contributed by atoms with Crippen LogP contribution in [0.5, 0.6) is 0 Å². The number of piperidine rings is 1. The molecular formula is C22H25N3O3. The van der Waals surface area contributed by atoms with Crippen molar-refractivity contribution >= 4 is 11.8 Å². The molecule has 5 rings (SSSR count). The third kappa shape index (κ3) is 3.32. The molecule has 0 radical (unpaired) electrons. The summed E-state index contributed by atoms with van der Waals surface area (Å²) in [5, 5.41) is 4.05. The number of nitrogens with zero attached hydrogens (tertiary/aromatic N) is 3. The van der Waals surface area contributed by atoms with Crippen molar-refractivity contribution in [2.24, 2.45) is 5.41 Å². The molecule has 2 aliphatic heterocycles. The summed E-state index contributed by atoms with van der Waals surface area (Å²) in [5.74, 6) is 0.994. The van der Waals surface area contributed by atoms with Crippen molar-refractivity contribution < 1.29 is 14.1 Å². The molecular weight excluding hydrogens is 354 g/mol. The number of aromatic nitrogens is 1. The maximum Gasteiger partial charge on any atom is 0.292 e. The van der Waals surface area contributed by atoms with Gasteiger partial charge in [-0.3, -0.25) is 9.59 Å². The van der Waals surface area contributed by atoms with E-state index in [-0.39, 0.29) is 17.2 Å². The van der Waals surface area contributed by atoms with Crippen LogP contribution in [0.3, 0.4) is 0 Å². The molecule has 1 saturated carbocycles. The molecule has 0 atom stereocenters. The fraction of sp³-hybridized carbons (Fsp3) is 0.500. The van der Waals surface area contributed by atoms with Gasteiger partial charge in [-0.05, 0) is 31.2 Å². The Morgan fingerprint density at radius 1 is 1.18 bits per heavy atom. The maximum atomic E-state index is 12.7. The molecule has 0 unspecified atom stereocenters. The van der Waals surface area contributed by atoms with Crippen molar-refractivity contribution in [3.05, 3.63) is 53.4 Å². The lowest BCUT2D eigenvalue weighted by Crippen LogP contribution is -2.44. The molecule has 6 nitrogen and oxygen atoms in total. The molecule has 3 heterocycles. The molecule has 3 fully saturated rings. The summed E-state index contributed by atoms with van der Waals surface area (Å²) in [6.07, 6.45) is 4.59. The Morgan fingerprint density at radius 3 is 2.64 bits per heavy atom. The van der Waals surface area contributed by atoms with E-state index in [1.54, 1.807) is 0 Å². The summed E-state index contributed by atoms with van der Waals surface area (Å²) in [6.45, 7) is 2.80. The van der Waals surface area contributed by atoms with Crippen LogP contribution in [0.1, 0.15) is 59.8 Å². The van der Waals surface area contributed by atoms with Crippen molar-refractivity contribution in [3.63, 3.8) is 0 Å². The van der Waals surface area contributed by atoms with E-state index in [4.69, 9.17) is 4.52 Å². The Labute approximate surface area is 164 Å². The van der Waals surface area contributed by atoms with Crippen LogP contribution in [0.15, 0.2) is 40.9 Å². The van der Waals surface area contributed by atoms with Gasteiger partial charge in [0.1, 0.15) is 0 Å². The summed E-state index contributed by atoms with van der Waals surface area (Å²) in [4.78, 5) is 29.2. The molecule has 6 heteroatoms. The minimum atomic E-state index is -0.0697. The fourth-order valence-corrected chi connectivity index (χ4v) is 4.57. The number of hydrogen-bond acceptors (Lipinski definition) is 4. The largest absolute Gasteiger partial charge is 0.351 e. The molecule has 2 amide bonds. The maximum absolute atomic E-state index is 12.7. The first-order valence-electron chi connectivity index (χ1n) is 10.2. The molecule has 146 valence electrons. The van der Waals surface area contributed by atoms with E-state index in [0.29, 0.717) is 37.7 Å². The summed E-state index contributed by atoms with van der Waals surface area (Å²) in [6, 6.07) is 11.9. The zero-order valence-corrected chi connectivity index (χ0v) is 16.0. The van der Waals surface area contributed by atoms with Gasteiger partial charge in [0.25, 0.3) is 5.91 Å². The summed E-state index contributed by atoms with van der Waals surface area (Å²) < 4.78 is 5.29. The van der Waals surface area contributed by atoms with Crippen LogP contribution in [-0.2, 0) is 11.3 Å². The van der Waals surface area contributed by atoms with Crippen molar-refractivity contribution in [2.75, 3.05) is 19.6 Å². The lowest BCUT2D eigenvalue weighted by atomic mass is 9.77. The van der Waals surface area contributed by atoms with Crippen molar-refractivity contribution in [2.45, 2.75) is 44.6 Å². The highest BCUT2D eigenvalue weighted by Gasteiger charge is 2.45. The Kier molecular flexibility index (Phi) is 4.22. The van der Waals surface area contributed by atoms with Gasteiger partial charge in [0.05, 0.1) is 5.69 Å². The minimum absolute atomic E-state index is 0.00321. The van der Waals surface area contributed by atoms with Gasteiger partial charge in [0, 0.05) is 50.0 Å². The quantitative estimate of drug-likeness (QED) is 0.818. The van der Waals surface area contributed by atoms with Gasteiger partial charge >= 0.3 is 0 Å². The van der Waals surface area contributed by atoms with Crippen LogP contribution in [0.2, 0.25) is 0 Å². The van der Waals surface area contributed by atoms with Gasteiger partial charge in [-0.25, -0.2) is 0 Å². The van der Waals surface area contributed by atoms with Crippen LogP contribution in [0.4, 0.5) is 0 Å². The van der Waals surface area contributed by atoms with Gasteiger partial charge in [-0.2, -0.15) is 0 Å². The average molecular weight is 379 g/mol.